The lowest BCUT2D eigenvalue weighted by Gasteiger charge is -2.31. The van der Waals surface area contributed by atoms with E-state index < -0.39 is 42.6 Å². The van der Waals surface area contributed by atoms with Crippen molar-refractivity contribution in [3.05, 3.63) is 83.9 Å². The van der Waals surface area contributed by atoms with Crippen LogP contribution in [0.4, 0.5) is 15.3 Å². The zero-order chi connectivity index (χ0) is 45.9. The molecule has 342 valence electrons. The first kappa shape index (κ1) is 43.9. The molecule has 9 rings (SSSR count). The van der Waals surface area contributed by atoms with Crippen LogP contribution >= 0.6 is 0 Å². The van der Waals surface area contributed by atoms with Crippen LogP contribution in [0, 0.1) is 22.7 Å². The molecule has 5 amide bonds. The topological polar surface area (TPSA) is 178 Å². The summed E-state index contributed by atoms with van der Waals surface area (Å²) in [6, 6.07) is 20.6. The number of aromatic nitrogens is 1. The van der Waals surface area contributed by atoms with Crippen molar-refractivity contribution >= 4 is 52.3 Å². The highest BCUT2D eigenvalue weighted by atomic mass is 16.5. The Kier molecular flexibility index (Phi) is 11.4. The summed E-state index contributed by atoms with van der Waals surface area (Å²) >= 11 is 0. The van der Waals surface area contributed by atoms with Gasteiger partial charge < -0.3 is 44.5 Å². The van der Waals surface area contributed by atoms with E-state index in [0.29, 0.717) is 37.4 Å². The molecule has 0 bridgehead atoms. The van der Waals surface area contributed by atoms with Crippen molar-refractivity contribution in [3.8, 4) is 17.0 Å². The van der Waals surface area contributed by atoms with E-state index in [4.69, 9.17) is 14.2 Å². The Hall–Kier alpha value is -6.38. The van der Waals surface area contributed by atoms with Crippen molar-refractivity contribution in [1.29, 1.82) is 0 Å². The van der Waals surface area contributed by atoms with Gasteiger partial charge in [0.1, 0.15) is 23.9 Å². The van der Waals surface area contributed by atoms with E-state index >= 15 is 0 Å². The second-order valence-corrected chi connectivity index (χ2v) is 19.6. The van der Waals surface area contributed by atoms with E-state index in [1.807, 2.05) is 94.4 Å². The molecule has 3 aromatic carbocycles. The largest absolute Gasteiger partial charge is 0.465 e. The molecular formula is C50H58N6O9. The van der Waals surface area contributed by atoms with Crippen molar-refractivity contribution in [3.63, 3.8) is 0 Å². The molecule has 65 heavy (non-hydrogen) atoms. The quantitative estimate of drug-likeness (QED) is 0.138. The van der Waals surface area contributed by atoms with Gasteiger partial charge in [-0.25, -0.2) is 9.59 Å². The number of likely N-dealkylation sites (tertiary alicyclic amines) is 2. The summed E-state index contributed by atoms with van der Waals surface area (Å²) in [6.07, 6.45) is 3.18. The molecule has 2 spiro atoms. The van der Waals surface area contributed by atoms with Crippen molar-refractivity contribution < 1.29 is 43.0 Å². The van der Waals surface area contributed by atoms with E-state index in [1.165, 1.54) is 14.2 Å². The number of carbonyl (C=O) groups is 6. The number of methoxy groups -OCH3 is 2. The van der Waals surface area contributed by atoms with Crippen LogP contribution in [0.2, 0.25) is 0 Å². The fourth-order valence-corrected chi connectivity index (χ4v) is 10.2. The number of hydrogen-bond donors (Lipinski definition) is 3. The van der Waals surface area contributed by atoms with E-state index in [9.17, 15) is 28.8 Å². The Bertz CT molecular complexity index is 2560. The van der Waals surface area contributed by atoms with Crippen LogP contribution in [0.25, 0.3) is 22.2 Å². The number of Topliss-reactive ketones (excluding diaryl/α,β-unsaturated/α-hetero) is 1. The summed E-state index contributed by atoms with van der Waals surface area (Å²) in [6.45, 7) is 8.38. The number of carbonyl (C=O) groups excluding carboxylic acids is 6. The highest BCUT2D eigenvalue weighted by Gasteiger charge is 2.57. The summed E-state index contributed by atoms with van der Waals surface area (Å²) in [7, 11) is 2.52. The lowest BCUT2D eigenvalue weighted by Crippen LogP contribution is -2.54. The molecule has 3 aliphatic heterocycles. The van der Waals surface area contributed by atoms with Crippen molar-refractivity contribution in [1.82, 2.24) is 25.0 Å². The normalized spacial score (nSPS) is 21.6. The molecule has 2 saturated carbocycles. The second kappa shape index (κ2) is 16.9. The minimum absolute atomic E-state index is 0.0357. The zero-order valence-electron chi connectivity index (χ0n) is 37.8. The smallest absolute Gasteiger partial charge is 0.407 e. The number of nitrogens with zero attached hydrogens (tertiary/aromatic N) is 3. The monoisotopic (exact) mass is 886 g/mol. The van der Waals surface area contributed by atoms with Gasteiger partial charge >= 0.3 is 12.2 Å². The van der Waals surface area contributed by atoms with Crippen LogP contribution in [0.15, 0.2) is 72.8 Å². The summed E-state index contributed by atoms with van der Waals surface area (Å²) in [5, 5.41) is 9.37. The number of benzene rings is 3. The number of amides is 5. The standard InChI is InChI=1S/C50H58N6O9/c1-28(2)41(52-47(61)63-5)44(59)54-26-49(16-17-49)24-37(54)39(57)21-30-12-15-35-32(20-30)22-36-34-14-13-33(23-40(34)65-46(56(35)36)31-10-8-7-9-11-31)51-43(58)38-25-50(18-19-50)27-55(38)45(60)42(29(3)4)53-48(62)64-6/h7-15,20,22-23,28-29,37-38,41-42,46H,16-19,21,24-27H2,1-6H3,(H,51,58)(H,52,61)(H,53,62)/t37-,38-,41-,42-,46?/m0/s1. The number of nitrogens with one attached hydrogen (secondary N) is 3. The number of fused-ring (bicyclic) bond motifs is 5. The predicted octanol–water partition coefficient (Wildman–Crippen LogP) is 6.82. The average Bonchev–Trinajstić information content (AvgIpc) is 4.09. The molecule has 3 N–H and O–H groups in total. The van der Waals surface area contributed by atoms with Crippen LogP contribution in [-0.2, 0) is 35.1 Å². The third-order valence-electron chi connectivity index (χ3n) is 14.3. The molecule has 1 unspecified atom stereocenters. The summed E-state index contributed by atoms with van der Waals surface area (Å²) in [5.74, 6) is -0.755. The summed E-state index contributed by atoms with van der Waals surface area (Å²) in [5.41, 5.74) is 4.76. The zero-order valence-corrected chi connectivity index (χ0v) is 37.8. The number of ketones is 1. The van der Waals surface area contributed by atoms with Crippen molar-refractivity contribution in [2.45, 2.75) is 103 Å². The van der Waals surface area contributed by atoms with Crippen LogP contribution in [0.5, 0.6) is 5.75 Å². The SMILES string of the molecule is COC(=O)N[C@H](C(=O)N1CC2(CC2)C[C@H]1C(=O)Cc1ccc2c(c1)cc1n2C(c2ccccc2)Oc2cc(NC(=O)[C@@H]3CC4(CC4)CN3C(=O)[C@@H](NC(=O)OC)C(C)C)ccc2-1)C(C)C. The van der Waals surface area contributed by atoms with E-state index in [0.717, 1.165) is 59.0 Å². The summed E-state index contributed by atoms with van der Waals surface area (Å²) in [4.78, 5) is 84.0. The average molecular weight is 887 g/mol. The van der Waals surface area contributed by atoms with Gasteiger partial charge in [-0.3, -0.25) is 19.2 Å². The highest BCUT2D eigenvalue weighted by Crippen LogP contribution is 2.56. The molecule has 2 saturated heterocycles. The van der Waals surface area contributed by atoms with Crippen molar-refractivity contribution in [2.24, 2.45) is 22.7 Å². The Morgan fingerprint density at radius 3 is 1.88 bits per heavy atom. The Morgan fingerprint density at radius 2 is 1.31 bits per heavy atom. The third-order valence-corrected chi connectivity index (χ3v) is 14.3. The molecule has 15 nitrogen and oxygen atoms in total. The van der Waals surface area contributed by atoms with Gasteiger partial charge in [0.05, 0.1) is 31.5 Å². The molecule has 5 atom stereocenters. The fraction of sp³-hybridized carbons (Fsp3) is 0.480. The van der Waals surface area contributed by atoms with Gasteiger partial charge in [-0.2, -0.15) is 0 Å². The van der Waals surface area contributed by atoms with Gasteiger partial charge in [0, 0.05) is 47.8 Å². The molecule has 0 radical (unpaired) electrons. The maximum absolute atomic E-state index is 14.2. The molecular weight excluding hydrogens is 829 g/mol. The first-order valence-corrected chi connectivity index (χ1v) is 22.8. The number of alkyl carbamates (subject to hydrolysis) is 2. The molecule has 5 aliphatic rings. The molecule has 4 heterocycles. The minimum Gasteiger partial charge on any atom is -0.465 e. The van der Waals surface area contributed by atoms with Crippen LogP contribution in [-0.4, -0.2) is 102 Å². The first-order chi connectivity index (χ1) is 31.1. The molecule has 15 heteroatoms. The predicted molar refractivity (Wildman–Crippen MR) is 242 cm³/mol. The number of ether oxygens (including phenoxy) is 3. The fourth-order valence-electron chi connectivity index (χ4n) is 10.2. The van der Waals surface area contributed by atoms with Crippen LogP contribution in [0.3, 0.4) is 0 Å². The molecule has 2 aliphatic carbocycles. The first-order valence-electron chi connectivity index (χ1n) is 22.8. The van der Waals surface area contributed by atoms with E-state index in [1.54, 1.807) is 9.80 Å². The molecule has 4 aromatic rings. The van der Waals surface area contributed by atoms with Gasteiger partial charge in [-0.15, -0.1) is 0 Å². The number of hydrogen-bond acceptors (Lipinski definition) is 9. The van der Waals surface area contributed by atoms with Gasteiger partial charge in [-0.05, 0) is 97.1 Å². The van der Waals surface area contributed by atoms with Gasteiger partial charge in [-0.1, -0.05) is 64.1 Å². The lowest BCUT2D eigenvalue weighted by atomic mass is 9.96. The summed E-state index contributed by atoms with van der Waals surface area (Å²) < 4.78 is 18.6. The third kappa shape index (κ3) is 8.41. The Labute approximate surface area is 378 Å². The van der Waals surface area contributed by atoms with E-state index in [-0.39, 0.29) is 52.6 Å². The number of anilines is 1. The Morgan fingerprint density at radius 1 is 0.723 bits per heavy atom. The number of rotatable bonds is 12. The van der Waals surface area contributed by atoms with Gasteiger partial charge in [0.25, 0.3) is 0 Å². The van der Waals surface area contributed by atoms with Gasteiger partial charge in [0.15, 0.2) is 5.78 Å². The van der Waals surface area contributed by atoms with Gasteiger partial charge in [0.2, 0.25) is 23.9 Å². The Balaban J connectivity index is 0.977. The van der Waals surface area contributed by atoms with Crippen LogP contribution in [0.1, 0.15) is 83.6 Å². The molecule has 4 fully saturated rings. The van der Waals surface area contributed by atoms with Crippen LogP contribution < -0.4 is 20.7 Å². The maximum Gasteiger partial charge on any atom is 0.407 e. The molecule has 1 aromatic heterocycles. The maximum atomic E-state index is 14.2. The van der Waals surface area contributed by atoms with Crippen molar-refractivity contribution in [2.75, 3.05) is 32.6 Å². The van der Waals surface area contributed by atoms with E-state index in [2.05, 4.69) is 26.6 Å². The highest BCUT2D eigenvalue weighted by molar-refractivity contribution is 6.00. The second-order valence-electron chi connectivity index (χ2n) is 19.6. The minimum atomic E-state index is -0.842. The lowest BCUT2D eigenvalue weighted by molar-refractivity contribution is -0.140.